The van der Waals surface area contributed by atoms with E-state index in [9.17, 15) is 13.2 Å². The Kier molecular flexibility index (Phi) is 5.14. The number of rotatable bonds is 3. The fourth-order valence-electron chi connectivity index (χ4n) is 2.62. The summed E-state index contributed by atoms with van der Waals surface area (Å²) >= 11 is 1.87. The number of carbonyl (C=O) groups excluding carboxylic acids is 1. The highest BCUT2D eigenvalue weighted by molar-refractivity contribution is 7.99. The van der Waals surface area contributed by atoms with E-state index < -0.39 is 10.0 Å². The number of hydrogen-bond donors (Lipinski definition) is 0. The van der Waals surface area contributed by atoms with E-state index >= 15 is 0 Å². The van der Waals surface area contributed by atoms with Gasteiger partial charge in [-0.2, -0.15) is 11.8 Å². The van der Waals surface area contributed by atoms with Crippen molar-refractivity contribution in [3.63, 3.8) is 0 Å². The van der Waals surface area contributed by atoms with Crippen LogP contribution in [0.15, 0.2) is 0 Å². The van der Waals surface area contributed by atoms with Crippen LogP contribution in [0.1, 0.15) is 19.8 Å². The molecule has 0 aliphatic carbocycles. The number of amides is 1. The second kappa shape index (κ2) is 6.45. The number of carbonyl (C=O) groups is 1. The molecule has 0 radical (unpaired) electrons. The van der Waals surface area contributed by atoms with Gasteiger partial charge in [0.15, 0.2) is 0 Å². The first-order valence-corrected chi connectivity index (χ1v) is 9.65. The number of thioether (sulfide) groups is 1. The van der Waals surface area contributed by atoms with Crippen LogP contribution >= 0.6 is 11.8 Å². The van der Waals surface area contributed by atoms with Gasteiger partial charge in [0.25, 0.3) is 0 Å². The smallest absolute Gasteiger partial charge is 0.227 e. The second-order valence-corrected chi connectivity index (χ2v) is 8.52. The summed E-state index contributed by atoms with van der Waals surface area (Å²) in [5.74, 6) is 2.12. The van der Waals surface area contributed by atoms with Crippen molar-refractivity contribution >= 4 is 27.7 Å². The van der Waals surface area contributed by atoms with Crippen molar-refractivity contribution in [2.45, 2.75) is 19.8 Å². The minimum Gasteiger partial charge on any atom is -0.341 e. The van der Waals surface area contributed by atoms with E-state index in [1.165, 1.54) is 4.31 Å². The molecule has 1 atom stereocenters. The summed E-state index contributed by atoms with van der Waals surface area (Å²) in [5.41, 5.74) is 0. The summed E-state index contributed by atoms with van der Waals surface area (Å²) in [4.78, 5) is 14.3. The highest BCUT2D eigenvalue weighted by Gasteiger charge is 2.33. The molecule has 2 fully saturated rings. The summed E-state index contributed by atoms with van der Waals surface area (Å²) in [6.07, 6.45) is 1.61. The zero-order valence-corrected chi connectivity index (χ0v) is 13.0. The van der Waals surface area contributed by atoms with Gasteiger partial charge in [-0.15, -0.1) is 0 Å². The minimum atomic E-state index is -3.16. The molecule has 2 aliphatic heterocycles. The summed E-state index contributed by atoms with van der Waals surface area (Å²) in [7, 11) is -3.16. The highest BCUT2D eigenvalue weighted by atomic mass is 32.2. The molecule has 1 amide bonds. The average Bonchev–Trinajstić information content (AvgIpc) is 2.47. The Morgan fingerprint density at radius 2 is 1.95 bits per heavy atom. The largest absolute Gasteiger partial charge is 0.341 e. The van der Waals surface area contributed by atoms with E-state index in [0.717, 1.165) is 37.4 Å². The van der Waals surface area contributed by atoms with Crippen LogP contribution in [0, 0.1) is 5.92 Å². The summed E-state index contributed by atoms with van der Waals surface area (Å²) in [6.45, 7) is 4.21. The molecule has 2 heterocycles. The molecular weight excluding hydrogens is 284 g/mol. The van der Waals surface area contributed by atoms with Crippen molar-refractivity contribution in [2.75, 3.05) is 43.4 Å². The van der Waals surface area contributed by atoms with E-state index in [1.807, 2.05) is 16.7 Å². The topological polar surface area (TPSA) is 57.7 Å². The second-order valence-electron chi connectivity index (χ2n) is 5.04. The molecule has 7 heteroatoms. The molecule has 2 aliphatic rings. The van der Waals surface area contributed by atoms with Gasteiger partial charge in [0.1, 0.15) is 0 Å². The van der Waals surface area contributed by atoms with Gasteiger partial charge in [-0.1, -0.05) is 0 Å². The van der Waals surface area contributed by atoms with Crippen molar-refractivity contribution in [3.8, 4) is 0 Å². The Hall–Kier alpha value is -0.270. The van der Waals surface area contributed by atoms with E-state index in [-0.39, 0.29) is 17.6 Å². The van der Waals surface area contributed by atoms with Crippen LogP contribution in [0.5, 0.6) is 0 Å². The van der Waals surface area contributed by atoms with E-state index in [2.05, 4.69) is 0 Å². The fraction of sp³-hybridized carbons (Fsp3) is 0.917. The van der Waals surface area contributed by atoms with E-state index in [4.69, 9.17) is 0 Å². The van der Waals surface area contributed by atoms with Crippen LogP contribution < -0.4 is 0 Å². The van der Waals surface area contributed by atoms with Crippen LogP contribution in [0.2, 0.25) is 0 Å². The molecule has 2 rings (SSSR count). The third-order valence-corrected chi connectivity index (χ3v) is 6.60. The maximum absolute atomic E-state index is 12.4. The molecule has 0 aromatic rings. The van der Waals surface area contributed by atoms with Gasteiger partial charge in [0, 0.05) is 37.7 Å². The molecule has 0 aromatic heterocycles. The number of piperidine rings is 1. The lowest BCUT2D eigenvalue weighted by Gasteiger charge is -2.35. The SMILES string of the molecule is CCS(=O)(=O)N1CCC[C@@H](C(=O)N2CCSCC2)C1. The van der Waals surface area contributed by atoms with Gasteiger partial charge >= 0.3 is 0 Å². The van der Waals surface area contributed by atoms with Crippen LogP contribution in [-0.2, 0) is 14.8 Å². The van der Waals surface area contributed by atoms with Crippen LogP contribution in [0.3, 0.4) is 0 Å². The van der Waals surface area contributed by atoms with Gasteiger partial charge in [0.05, 0.1) is 11.7 Å². The first kappa shape index (κ1) is 15.1. The molecular formula is C12H22N2O3S2. The van der Waals surface area contributed by atoms with Crippen LogP contribution in [0.4, 0.5) is 0 Å². The maximum Gasteiger partial charge on any atom is 0.227 e. The van der Waals surface area contributed by atoms with E-state index in [0.29, 0.717) is 13.1 Å². The molecule has 5 nitrogen and oxygen atoms in total. The van der Waals surface area contributed by atoms with E-state index in [1.54, 1.807) is 6.92 Å². The summed E-state index contributed by atoms with van der Waals surface area (Å²) < 4.78 is 25.3. The average molecular weight is 306 g/mol. The molecule has 110 valence electrons. The van der Waals surface area contributed by atoms with Crippen molar-refractivity contribution in [1.29, 1.82) is 0 Å². The Bertz CT molecular complexity index is 419. The van der Waals surface area contributed by atoms with Gasteiger partial charge in [-0.3, -0.25) is 4.79 Å². The predicted octanol–water partition coefficient (Wildman–Crippen LogP) is 0.624. The van der Waals surface area contributed by atoms with Crippen LogP contribution in [-0.4, -0.2) is 67.0 Å². The Labute approximate surface area is 119 Å². The first-order valence-electron chi connectivity index (χ1n) is 6.89. The maximum atomic E-state index is 12.4. The Morgan fingerprint density at radius 1 is 1.26 bits per heavy atom. The van der Waals surface area contributed by atoms with Gasteiger partial charge in [-0.25, -0.2) is 12.7 Å². The zero-order valence-electron chi connectivity index (χ0n) is 11.4. The number of nitrogens with zero attached hydrogens (tertiary/aromatic N) is 2. The van der Waals surface area contributed by atoms with Gasteiger partial charge in [0.2, 0.25) is 15.9 Å². The standard InChI is InChI=1S/C12H22N2O3S2/c1-2-19(16,17)14-5-3-4-11(10-14)12(15)13-6-8-18-9-7-13/h11H,2-10H2,1H3/t11-/m1/s1. The molecule has 0 saturated carbocycles. The van der Waals surface area contributed by atoms with Crippen LogP contribution in [0.25, 0.3) is 0 Å². The number of sulfonamides is 1. The number of hydrogen-bond acceptors (Lipinski definition) is 4. The minimum absolute atomic E-state index is 0.119. The summed E-state index contributed by atoms with van der Waals surface area (Å²) in [6, 6.07) is 0. The molecule has 19 heavy (non-hydrogen) atoms. The summed E-state index contributed by atoms with van der Waals surface area (Å²) in [5, 5.41) is 0. The molecule has 0 spiro atoms. The lowest BCUT2D eigenvalue weighted by Crippen LogP contribution is -2.48. The van der Waals surface area contributed by atoms with Crippen molar-refractivity contribution < 1.29 is 13.2 Å². The van der Waals surface area contributed by atoms with Crippen molar-refractivity contribution in [1.82, 2.24) is 9.21 Å². The quantitative estimate of drug-likeness (QED) is 0.767. The molecule has 0 unspecified atom stereocenters. The monoisotopic (exact) mass is 306 g/mol. The third-order valence-electron chi connectivity index (χ3n) is 3.81. The molecule has 0 N–H and O–H groups in total. The highest BCUT2D eigenvalue weighted by Crippen LogP contribution is 2.22. The van der Waals surface area contributed by atoms with Crippen molar-refractivity contribution in [3.05, 3.63) is 0 Å². The normalized spacial score (nSPS) is 26.4. The first-order chi connectivity index (χ1) is 9.04. The Morgan fingerprint density at radius 3 is 2.58 bits per heavy atom. The fourth-order valence-corrected chi connectivity index (χ4v) is 4.70. The van der Waals surface area contributed by atoms with Gasteiger partial charge < -0.3 is 4.90 Å². The molecule has 2 saturated heterocycles. The zero-order chi connectivity index (χ0) is 13.9. The van der Waals surface area contributed by atoms with Gasteiger partial charge in [-0.05, 0) is 19.8 Å². The third kappa shape index (κ3) is 3.64. The van der Waals surface area contributed by atoms with Crippen molar-refractivity contribution in [2.24, 2.45) is 5.92 Å². The Balaban J connectivity index is 1.98. The lowest BCUT2D eigenvalue weighted by molar-refractivity contribution is -0.136. The lowest BCUT2D eigenvalue weighted by atomic mass is 9.98. The molecule has 0 aromatic carbocycles. The molecule has 0 bridgehead atoms. The predicted molar refractivity (Wildman–Crippen MR) is 77.7 cm³/mol.